The van der Waals surface area contributed by atoms with Crippen molar-refractivity contribution in [1.29, 1.82) is 0 Å². The number of aromatic nitrogens is 2. The zero-order valence-corrected chi connectivity index (χ0v) is 39.9. The van der Waals surface area contributed by atoms with Crippen LogP contribution in [0.4, 0.5) is 0 Å². The van der Waals surface area contributed by atoms with E-state index in [1.165, 1.54) is 94.7 Å². The third-order valence-electron chi connectivity index (χ3n) is 13.3. The summed E-state index contributed by atoms with van der Waals surface area (Å²) < 4.78 is 8.35. The van der Waals surface area contributed by atoms with Crippen molar-refractivity contribution in [3.8, 4) is 55.8 Å². The molecule has 0 bridgehead atoms. The molecule has 0 saturated carbocycles. The Kier molecular flexibility index (Phi) is 8.87. The molecular formula is C62H38I2N2. The van der Waals surface area contributed by atoms with Crippen LogP contribution >= 0.6 is 39.6 Å². The molecule has 0 amide bonds. The van der Waals surface area contributed by atoms with Gasteiger partial charge in [0.1, 0.15) is 0 Å². The molecule has 2 aliphatic heterocycles. The quantitative estimate of drug-likeness (QED) is 0.0975. The Balaban J connectivity index is 0.984. The van der Waals surface area contributed by atoms with E-state index in [2.05, 4.69) is 231 Å². The Morgan fingerprint density at radius 1 is 0.303 bits per heavy atom. The molecule has 11 aromatic carbocycles. The first-order chi connectivity index (χ1) is 32.8. The topological polar surface area (TPSA) is 25.8 Å². The van der Waals surface area contributed by atoms with Gasteiger partial charge in [-0.25, -0.2) is 0 Å². The van der Waals surface area contributed by atoms with E-state index in [1.54, 1.807) is 0 Å². The summed E-state index contributed by atoms with van der Waals surface area (Å²) in [5.74, 6) is 0. The number of rotatable bonds is 5. The summed E-state index contributed by atoms with van der Waals surface area (Å²) in [6, 6.07) is 85.9. The van der Waals surface area contributed by atoms with Crippen LogP contribution in [-0.4, -0.2) is 9.97 Å². The monoisotopic (exact) mass is 1060 g/mol. The third-order valence-corrected chi connectivity index (χ3v) is 25.2. The fourth-order valence-electron chi connectivity index (χ4n) is 10.4. The van der Waals surface area contributed by atoms with Crippen LogP contribution in [0.1, 0.15) is 0 Å². The van der Waals surface area contributed by atoms with Gasteiger partial charge in [-0.05, 0) is 0 Å². The fourth-order valence-corrected chi connectivity index (χ4v) is 23.0. The molecule has 0 aliphatic carbocycles. The summed E-state index contributed by atoms with van der Waals surface area (Å²) in [6.07, 6.45) is 0. The SMILES string of the molecule is c1ccc(-c2ccc(I3c4ccccc4-c4cc(-c5cc6c7ccccc7c7c(c6c6ccccc56)-c5ccccc5I7c5nc(-c6ccccc6)c6ccccc6n5)ccc43)cc2)cc1. The van der Waals surface area contributed by atoms with Crippen molar-refractivity contribution in [2.24, 2.45) is 0 Å². The van der Waals surface area contributed by atoms with Gasteiger partial charge in [-0.3, -0.25) is 0 Å². The molecule has 0 unspecified atom stereocenters. The van der Waals surface area contributed by atoms with Crippen LogP contribution < -0.4 is 0 Å². The molecule has 2 aliphatic rings. The Labute approximate surface area is 397 Å². The van der Waals surface area contributed by atoms with E-state index in [1.807, 2.05) is 0 Å². The van der Waals surface area contributed by atoms with Gasteiger partial charge in [-0.2, -0.15) is 0 Å². The molecule has 0 N–H and O–H groups in total. The van der Waals surface area contributed by atoms with Gasteiger partial charge < -0.3 is 0 Å². The van der Waals surface area contributed by atoms with Crippen molar-refractivity contribution >= 4 is 82.9 Å². The van der Waals surface area contributed by atoms with E-state index in [0.29, 0.717) is 0 Å². The van der Waals surface area contributed by atoms with Gasteiger partial charge >= 0.3 is 401 Å². The van der Waals surface area contributed by atoms with Crippen molar-refractivity contribution in [1.82, 2.24) is 9.97 Å². The van der Waals surface area contributed by atoms with Crippen LogP contribution in [0, 0.1) is 21.7 Å². The fraction of sp³-hybridized carbons (Fsp3) is 0. The van der Waals surface area contributed by atoms with E-state index < -0.39 is 39.6 Å². The number of hydrogen-bond donors (Lipinski definition) is 0. The Morgan fingerprint density at radius 2 is 0.864 bits per heavy atom. The van der Waals surface area contributed by atoms with Crippen molar-refractivity contribution in [2.45, 2.75) is 0 Å². The molecule has 14 rings (SSSR count). The molecule has 0 fully saturated rings. The van der Waals surface area contributed by atoms with Gasteiger partial charge in [-0.15, -0.1) is 0 Å². The zero-order valence-electron chi connectivity index (χ0n) is 35.6. The Morgan fingerprint density at radius 3 is 1.64 bits per heavy atom. The van der Waals surface area contributed by atoms with Gasteiger partial charge in [0.15, 0.2) is 0 Å². The second-order valence-electron chi connectivity index (χ2n) is 16.9. The zero-order chi connectivity index (χ0) is 43.3. The number of nitrogens with zero attached hydrogens (tertiary/aromatic N) is 2. The van der Waals surface area contributed by atoms with Crippen LogP contribution in [0.3, 0.4) is 0 Å². The molecule has 1 aromatic heterocycles. The molecule has 66 heavy (non-hydrogen) atoms. The van der Waals surface area contributed by atoms with E-state index in [-0.39, 0.29) is 0 Å². The van der Waals surface area contributed by atoms with Crippen molar-refractivity contribution in [3.63, 3.8) is 0 Å². The summed E-state index contributed by atoms with van der Waals surface area (Å²) in [5.41, 5.74) is 13.6. The molecule has 4 heteroatoms. The molecule has 3 heterocycles. The number of para-hydroxylation sites is 1. The predicted octanol–water partition coefficient (Wildman–Crippen LogP) is 16.9. The minimum atomic E-state index is -2.48. The normalized spacial score (nSPS) is 13.6. The van der Waals surface area contributed by atoms with E-state index in [4.69, 9.17) is 9.97 Å². The molecule has 0 spiro atoms. The van der Waals surface area contributed by atoms with Gasteiger partial charge in [-0.1, -0.05) is 0 Å². The van der Waals surface area contributed by atoms with Gasteiger partial charge in [0.25, 0.3) is 0 Å². The summed E-state index contributed by atoms with van der Waals surface area (Å²) in [4.78, 5) is 11.1. The van der Waals surface area contributed by atoms with Crippen LogP contribution in [0.15, 0.2) is 231 Å². The molecule has 12 aromatic rings. The second-order valence-corrected chi connectivity index (χ2v) is 27.0. The number of fused-ring (bicyclic) bond motifs is 14. The summed E-state index contributed by atoms with van der Waals surface area (Å²) >= 11 is -4.42. The first kappa shape index (κ1) is 38.3. The first-order valence-corrected chi connectivity index (χ1v) is 28.8. The van der Waals surface area contributed by atoms with Crippen LogP contribution in [0.25, 0.3) is 99.0 Å². The maximum atomic E-state index is 5.60. The summed E-state index contributed by atoms with van der Waals surface area (Å²) in [7, 11) is 0. The van der Waals surface area contributed by atoms with E-state index in [9.17, 15) is 0 Å². The van der Waals surface area contributed by atoms with E-state index in [0.717, 1.165) is 26.0 Å². The van der Waals surface area contributed by atoms with Crippen LogP contribution in [-0.2, 0) is 0 Å². The third kappa shape index (κ3) is 5.84. The van der Waals surface area contributed by atoms with Gasteiger partial charge in [0, 0.05) is 0 Å². The first-order valence-electron chi connectivity index (χ1n) is 22.4. The van der Waals surface area contributed by atoms with Crippen molar-refractivity contribution in [3.05, 3.63) is 252 Å². The molecular weight excluding hydrogens is 1030 g/mol. The Bertz CT molecular complexity index is 3940. The maximum absolute atomic E-state index is 5.60. The van der Waals surface area contributed by atoms with Crippen LogP contribution in [0.5, 0.6) is 0 Å². The summed E-state index contributed by atoms with van der Waals surface area (Å²) in [5, 5.41) is 8.88. The molecule has 0 atom stereocenters. The minimum absolute atomic E-state index is 0.987. The van der Waals surface area contributed by atoms with Gasteiger partial charge in [0.05, 0.1) is 0 Å². The van der Waals surface area contributed by atoms with Gasteiger partial charge in [0.2, 0.25) is 0 Å². The molecule has 0 radical (unpaired) electrons. The average Bonchev–Trinajstić information content (AvgIpc) is 3.92. The number of benzene rings is 11. The molecule has 0 saturated heterocycles. The van der Waals surface area contributed by atoms with Crippen LogP contribution in [0.2, 0.25) is 0 Å². The van der Waals surface area contributed by atoms with Crippen molar-refractivity contribution < 1.29 is 0 Å². The molecule has 310 valence electrons. The molecule has 2 nitrogen and oxygen atoms in total. The summed E-state index contributed by atoms with van der Waals surface area (Å²) in [6.45, 7) is 0. The second kappa shape index (κ2) is 15.3. The number of halogens is 2. The Hall–Kier alpha value is -7.00. The van der Waals surface area contributed by atoms with Crippen molar-refractivity contribution in [2.75, 3.05) is 0 Å². The predicted molar refractivity (Wildman–Crippen MR) is 292 cm³/mol. The number of hydrogen-bond acceptors (Lipinski definition) is 2. The van der Waals surface area contributed by atoms with E-state index >= 15 is 0 Å². The average molecular weight is 1060 g/mol. The standard InChI is InChI=1S/C62H38I2N2/c1-3-17-39(18-4-1)40-31-34-43(35-32-40)63-54-28-14-11-23-46(54)52-37-42(33-36-56(52)63)51-38-53-45-22-8-10-25-48(45)60-59(58(53)47-24-9-7-21-44(47)51)49-26-12-15-29-55(49)64(60)62-65-57-30-16-13-27-50(57)61(66-62)41-19-5-2-6-20-41/h1-38H.